The third-order valence-corrected chi connectivity index (χ3v) is 7.41. The van der Waals surface area contributed by atoms with Crippen LogP contribution in [0.15, 0.2) is 42.7 Å². The van der Waals surface area contributed by atoms with Crippen LogP contribution in [0.25, 0.3) is 11.3 Å². The molecule has 0 aliphatic heterocycles. The molecule has 0 atom stereocenters. The third kappa shape index (κ3) is 9.78. The Hall–Kier alpha value is -3.05. The summed E-state index contributed by atoms with van der Waals surface area (Å²) >= 11 is 0.556. The largest absolute Gasteiger partial charge is 0.443 e. The van der Waals surface area contributed by atoms with Gasteiger partial charge in [-0.1, -0.05) is 62.9 Å². The molecule has 0 radical (unpaired) electrons. The number of rotatable bonds is 14. The minimum absolute atomic E-state index is 0.0185. The van der Waals surface area contributed by atoms with Crippen molar-refractivity contribution in [3.05, 3.63) is 59.0 Å². The highest BCUT2D eigenvalue weighted by atomic mass is 32.1. The first-order chi connectivity index (χ1) is 19.4. The van der Waals surface area contributed by atoms with Crippen molar-refractivity contribution in [1.82, 2.24) is 9.97 Å². The molecule has 0 spiro atoms. The number of benzene rings is 1. The Bertz CT molecular complexity index is 1260. The van der Waals surface area contributed by atoms with Crippen LogP contribution in [0.2, 0.25) is 0 Å². The summed E-state index contributed by atoms with van der Waals surface area (Å²) in [5.74, 6) is 0. The van der Waals surface area contributed by atoms with Gasteiger partial charge in [-0.2, -0.15) is 17.6 Å². The number of quaternary nitrogens is 1. The molecule has 11 heteroatoms. The summed E-state index contributed by atoms with van der Waals surface area (Å²) in [5, 5.41) is -0.826. The van der Waals surface area contributed by atoms with Crippen LogP contribution in [0.3, 0.4) is 0 Å². The lowest BCUT2D eigenvalue weighted by Gasteiger charge is -2.25. The lowest BCUT2D eigenvalue weighted by atomic mass is 9.99. The first kappa shape index (κ1) is 32.5. The van der Waals surface area contributed by atoms with E-state index in [0.717, 1.165) is 43.1 Å². The number of carbonyl (C=O) groups is 1. The SMILES string of the molecule is CCCCCCCCCc1ccc(N(C(=O)OCC[N+](C)(C)C)c2nc(-c3cccnc3)c(F)s2)cc1C(F)(F)F. The lowest BCUT2D eigenvalue weighted by molar-refractivity contribution is -0.870. The highest BCUT2D eigenvalue weighted by molar-refractivity contribution is 7.14. The van der Waals surface area contributed by atoms with E-state index in [1.54, 1.807) is 12.1 Å². The van der Waals surface area contributed by atoms with Crippen LogP contribution in [-0.4, -0.2) is 54.8 Å². The van der Waals surface area contributed by atoms with Crippen molar-refractivity contribution in [1.29, 1.82) is 0 Å². The Balaban J connectivity index is 1.92. The number of likely N-dealkylation sites (N-methyl/N-ethyl adjacent to an activating group) is 1. The molecule has 224 valence electrons. The van der Waals surface area contributed by atoms with E-state index in [0.29, 0.717) is 34.3 Å². The summed E-state index contributed by atoms with van der Waals surface area (Å²) in [6.45, 7) is 2.63. The van der Waals surface area contributed by atoms with Gasteiger partial charge in [0.1, 0.15) is 18.8 Å². The van der Waals surface area contributed by atoms with Gasteiger partial charge in [0.05, 0.1) is 32.4 Å². The fourth-order valence-corrected chi connectivity index (χ4v) is 5.12. The van der Waals surface area contributed by atoms with E-state index >= 15 is 4.39 Å². The number of pyridine rings is 1. The molecule has 0 N–H and O–H groups in total. The van der Waals surface area contributed by atoms with Gasteiger partial charge in [-0.3, -0.25) is 4.98 Å². The fraction of sp³-hybridized carbons (Fsp3) is 0.500. The van der Waals surface area contributed by atoms with Gasteiger partial charge in [0.15, 0.2) is 0 Å². The Labute approximate surface area is 243 Å². The number of unbranched alkanes of at least 4 members (excludes halogenated alkanes) is 6. The number of alkyl halides is 3. The van der Waals surface area contributed by atoms with Gasteiger partial charge in [-0.05, 0) is 42.7 Å². The zero-order valence-corrected chi connectivity index (χ0v) is 25.0. The molecule has 0 aliphatic rings. The maximum atomic E-state index is 15.0. The summed E-state index contributed by atoms with van der Waals surface area (Å²) in [6.07, 6.45) is 4.65. The maximum absolute atomic E-state index is 15.0. The molecule has 0 bridgehead atoms. The summed E-state index contributed by atoms with van der Waals surface area (Å²) in [6, 6.07) is 6.99. The van der Waals surface area contributed by atoms with Crippen LogP contribution >= 0.6 is 11.3 Å². The van der Waals surface area contributed by atoms with E-state index in [1.165, 1.54) is 30.9 Å². The number of aryl methyl sites for hydroxylation is 1. The highest BCUT2D eigenvalue weighted by Gasteiger charge is 2.35. The van der Waals surface area contributed by atoms with E-state index in [2.05, 4.69) is 16.9 Å². The predicted octanol–water partition coefficient (Wildman–Crippen LogP) is 8.64. The second-order valence-electron chi connectivity index (χ2n) is 11.0. The topological polar surface area (TPSA) is 55.3 Å². The number of hydrogen-bond acceptors (Lipinski definition) is 5. The molecule has 3 aromatic rings. The maximum Gasteiger partial charge on any atom is 0.421 e. The van der Waals surface area contributed by atoms with Gasteiger partial charge < -0.3 is 9.22 Å². The van der Waals surface area contributed by atoms with E-state index < -0.39 is 23.0 Å². The standard InChI is InChI=1S/C30H39F4N4O2S/c1-5-6-7-8-9-10-11-13-22-15-16-24(20-25(22)30(32,33)34)37(29(39)40-19-18-38(2,3)4)28-36-26(27(31)41-28)23-14-12-17-35-21-23/h12,14-17,20-21H,5-11,13,18-19H2,1-4H3/q+1. The average Bonchev–Trinajstić information content (AvgIpc) is 3.28. The van der Waals surface area contributed by atoms with Gasteiger partial charge in [0, 0.05) is 18.0 Å². The van der Waals surface area contributed by atoms with Crippen LogP contribution in [0.4, 0.5) is 33.2 Å². The number of hydrogen-bond donors (Lipinski definition) is 0. The monoisotopic (exact) mass is 595 g/mol. The molecule has 2 aromatic heterocycles. The molecule has 0 saturated carbocycles. The molecule has 2 heterocycles. The summed E-state index contributed by atoms with van der Waals surface area (Å²) in [5.41, 5.74) is -0.424. The van der Waals surface area contributed by atoms with Crippen LogP contribution in [0, 0.1) is 5.13 Å². The van der Waals surface area contributed by atoms with Gasteiger partial charge in [-0.15, -0.1) is 0 Å². The number of aromatic nitrogens is 2. The number of thiazole rings is 1. The van der Waals surface area contributed by atoms with Crippen molar-refractivity contribution in [3.8, 4) is 11.3 Å². The van der Waals surface area contributed by atoms with Crippen LogP contribution < -0.4 is 4.90 Å². The zero-order chi connectivity index (χ0) is 30.0. The molecular formula is C30H39F4N4O2S+. The van der Waals surface area contributed by atoms with Crippen LogP contribution in [0.1, 0.15) is 63.0 Å². The van der Waals surface area contributed by atoms with Crippen molar-refractivity contribution < 1.29 is 31.6 Å². The number of anilines is 2. The average molecular weight is 596 g/mol. The Morgan fingerprint density at radius 3 is 2.39 bits per heavy atom. The second kappa shape index (κ2) is 14.7. The molecule has 3 rings (SSSR count). The van der Waals surface area contributed by atoms with Crippen molar-refractivity contribution in [2.75, 3.05) is 39.2 Å². The Kier molecular flexibility index (Phi) is 11.7. The first-order valence-electron chi connectivity index (χ1n) is 13.9. The zero-order valence-electron chi connectivity index (χ0n) is 24.1. The Morgan fingerprint density at radius 2 is 1.76 bits per heavy atom. The first-order valence-corrected chi connectivity index (χ1v) is 14.8. The fourth-order valence-electron chi connectivity index (χ4n) is 4.29. The predicted molar refractivity (Wildman–Crippen MR) is 155 cm³/mol. The van der Waals surface area contributed by atoms with Gasteiger partial charge in [0.25, 0.3) is 0 Å². The summed E-state index contributed by atoms with van der Waals surface area (Å²) < 4.78 is 63.6. The van der Waals surface area contributed by atoms with E-state index in [1.807, 2.05) is 21.1 Å². The summed E-state index contributed by atoms with van der Waals surface area (Å²) in [7, 11) is 5.75. The highest BCUT2D eigenvalue weighted by Crippen LogP contribution is 2.40. The van der Waals surface area contributed by atoms with E-state index in [9.17, 15) is 18.0 Å². The van der Waals surface area contributed by atoms with Gasteiger partial charge in [0.2, 0.25) is 10.3 Å². The normalized spacial score (nSPS) is 12.0. The Morgan fingerprint density at radius 1 is 1.05 bits per heavy atom. The smallest absolute Gasteiger partial charge is 0.421 e. The molecule has 1 aromatic carbocycles. The van der Waals surface area contributed by atoms with E-state index in [4.69, 9.17) is 4.74 Å². The van der Waals surface area contributed by atoms with E-state index in [-0.39, 0.29) is 35.1 Å². The molecule has 0 saturated heterocycles. The van der Waals surface area contributed by atoms with Crippen LogP contribution in [0.5, 0.6) is 0 Å². The summed E-state index contributed by atoms with van der Waals surface area (Å²) in [4.78, 5) is 22.5. The number of ether oxygens (including phenoxy) is 1. The minimum atomic E-state index is -4.64. The molecule has 6 nitrogen and oxygen atoms in total. The van der Waals surface area contributed by atoms with Crippen LogP contribution in [-0.2, 0) is 17.3 Å². The quantitative estimate of drug-likeness (QED) is 0.106. The van der Waals surface area contributed by atoms with Crippen molar-refractivity contribution in [2.45, 2.75) is 64.5 Å². The number of nitrogens with zero attached hydrogens (tertiary/aromatic N) is 4. The van der Waals surface area contributed by atoms with Crippen molar-refractivity contribution in [2.24, 2.45) is 0 Å². The molecule has 41 heavy (non-hydrogen) atoms. The number of halogens is 4. The molecule has 0 aliphatic carbocycles. The van der Waals surface area contributed by atoms with Crippen molar-refractivity contribution in [3.63, 3.8) is 0 Å². The van der Waals surface area contributed by atoms with Gasteiger partial charge in [-0.25, -0.2) is 14.7 Å². The number of carbonyl (C=O) groups excluding carboxylic acids is 1. The lowest BCUT2D eigenvalue weighted by Crippen LogP contribution is -2.39. The number of amides is 1. The second-order valence-corrected chi connectivity index (χ2v) is 12.0. The molecule has 1 amide bonds. The molecule has 0 fully saturated rings. The van der Waals surface area contributed by atoms with Crippen molar-refractivity contribution >= 4 is 28.2 Å². The molecule has 0 unspecified atom stereocenters. The molecular weight excluding hydrogens is 556 g/mol. The van der Waals surface area contributed by atoms with Gasteiger partial charge >= 0.3 is 12.3 Å². The minimum Gasteiger partial charge on any atom is -0.443 e. The third-order valence-electron chi connectivity index (χ3n) is 6.58.